The van der Waals surface area contributed by atoms with Crippen LogP contribution in [-0.2, 0) is 6.42 Å². The summed E-state index contributed by atoms with van der Waals surface area (Å²) in [6, 6.07) is 34.6. The molecular formula is C25H19ClO. The van der Waals surface area contributed by atoms with Crippen LogP contribution in [0.25, 0.3) is 11.1 Å². The molecule has 4 aromatic carbocycles. The van der Waals surface area contributed by atoms with E-state index in [4.69, 9.17) is 16.3 Å². The molecule has 0 fully saturated rings. The maximum atomic E-state index is 6.15. The molecule has 2 heteroatoms. The first kappa shape index (κ1) is 17.4. The number of hydrogen-bond acceptors (Lipinski definition) is 1. The Kier molecular flexibility index (Phi) is 5.22. The minimum Gasteiger partial charge on any atom is -0.457 e. The van der Waals surface area contributed by atoms with Crippen LogP contribution in [0.15, 0.2) is 103 Å². The molecule has 1 nitrogen and oxygen atoms in total. The van der Waals surface area contributed by atoms with Crippen LogP contribution in [0, 0.1) is 0 Å². The van der Waals surface area contributed by atoms with Crippen molar-refractivity contribution in [2.75, 3.05) is 0 Å². The molecule has 0 aliphatic heterocycles. The van der Waals surface area contributed by atoms with Gasteiger partial charge in [0.05, 0.1) is 0 Å². The van der Waals surface area contributed by atoms with Gasteiger partial charge in [-0.15, -0.1) is 0 Å². The molecule has 4 rings (SSSR count). The number of para-hydroxylation sites is 1. The van der Waals surface area contributed by atoms with Gasteiger partial charge in [0, 0.05) is 5.02 Å². The average Bonchev–Trinajstić information content (AvgIpc) is 2.69. The Hall–Kier alpha value is -3.03. The molecule has 0 atom stereocenters. The van der Waals surface area contributed by atoms with Crippen LogP contribution in [0.1, 0.15) is 11.1 Å². The van der Waals surface area contributed by atoms with E-state index in [0.29, 0.717) is 0 Å². The summed E-state index contributed by atoms with van der Waals surface area (Å²) >= 11 is 6.15. The Balaban J connectivity index is 1.65. The molecule has 0 amide bonds. The highest BCUT2D eigenvalue weighted by atomic mass is 35.5. The standard InChI is InChI=1S/C25H19ClO/c26-22-11-6-8-19(17-22)16-20-9-4-5-15-25(20)21-10-7-14-24(18-21)27-23-12-2-1-3-13-23/h1-15,17-18H,16H2. The molecule has 27 heavy (non-hydrogen) atoms. The predicted octanol–water partition coefficient (Wildman–Crippen LogP) is 7.39. The van der Waals surface area contributed by atoms with Gasteiger partial charge in [0.1, 0.15) is 11.5 Å². The normalized spacial score (nSPS) is 10.6. The van der Waals surface area contributed by atoms with Crippen LogP contribution in [0.4, 0.5) is 0 Å². The lowest BCUT2D eigenvalue weighted by molar-refractivity contribution is 0.483. The first-order valence-corrected chi connectivity index (χ1v) is 9.31. The Labute approximate surface area is 164 Å². The second kappa shape index (κ2) is 8.11. The van der Waals surface area contributed by atoms with Gasteiger partial charge in [-0.05, 0) is 65.1 Å². The van der Waals surface area contributed by atoms with E-state index in [2.05, 4.69) is 42.5 Å². The van der Waals surface area contributed by atoms with Crippen LogP contribution in [-0.4, -0.2) is 0 Å². The quantitative estimate of drug-likeness (QED) is 0.356. The van der Waals surface area contributed by atoms with Gasteiger partial charge in [0.15, 0.2) is 0 Å². The minimum atomic E-state index is 0.767. The molecular weight excluding hydrogens is 352 g/mol. The first-order valence-electron chi connectivity index (χ1n) is 8.94. The highest BCUT2D eigenvalue weighted by Crippen LogP contribution is 2.30. The molecule has 0 bridgehead atoms. The molecule has 0 saturated heterocycles. The number of rotatable bonds is 5. The zero-order valence-electron chi connectivity index (χ0n) is 14.8. The lowest BCUT2D eigenvalue weighted by atomic mass is 9.95. The van der Waals surface area contributed by atoms with E-state index in [-0.39, 0.29) is 0 Å². The van der Waals surface area contributed by atoms with Crippen LogP contribution in [0.2, 0.25) is 5.02 Å². The van der Waals surface area contributed by atoms with Crippen molar-refractivity contribution in [2.24, 2.45) is 0 Å². The maximum Gasteiger partial charge on any atom is 0.128 e. The highest BCUT2D eigenvalue weighted by molar-refractivity contribution is 6.30. The van der Waals surface area contributed by atoms with E-state index in [1.165, 1.54) is 16.7 Å². The Morgan fingerprint density at radius 1 is 0.630 bits per heavy atom. The van der Waals surface area contributed by atoms with Crippen LogP contribution < -0.4 is 4.74 Å². The summed E-state index contributed by atoms with van der Waals surface area (Å²) in [5.41, 5.74) is 4.81. The van der Waals surface area contributed by atoms with Crippen molar-refractivity contribution in [3.05, 3.63) is 119 Å². The Bertz CT molecular complexity index is 1040. The second-order valence-electron chi connectivity index (χ2n) is 6.41. The largest absolute Gasteiger partial charge is 0.457 e. The molecule has 4 aromatic rings. The number of halogens is 1. The van der Waals surface area contributed by atoms with Crippen molar-refractivity contribution in [3.8, 4) is 22.6 Å². The summed E-state index contributed by atoms with van der Waals surface area (Å²) in [6.07, 6.45) is 0.834. The average molecular weight is 371 g/mol. The predicted molar refractivity (Wildman–Crippen MR) is 113 cm³/mol. The molecule has 0 saturated carbocycles. The van der Waals surface area contributed by atoms with Gasteiger partial charge in [-0.2, -0.15) is 0 Å². The number of ether oxygens (including phenoxy) is 1. The topological polar surface area (TPSA) is 9.23 Å². The molecule has 0 unspecified atom stereocenters. The van der Waals surface area contributed by atoms with Gasteiger partial charge in [-0.1, -0.05) is 78.3 Å². The molecule has 0 heterocycles. The zero-order chi connectivity index (χ0) is 18.5. The maximum absolute atomic E-state index is 6.15. The van der Waals surface area contributed by atoms with Gasteiger partial charge >= 0.3 is 0 Å². The van der Waals surface area contributed by atoms with Gasteiger partial charge in [-0.25, -0.2) is 0 Å². The van der Waals surface area contributed by atoms with Gasteiger partial charge < -0.3 is 4.74 Å². The SMILES string of the molecule is Clc1cccc(Cc2ccccc2-c2cccc(Oc3ccccc3)c2)c1. The third kappa shape index (κ3) is 4.39. The fourth-order valence-electron chi connectivity index (χ4n) is 3.17. The summed E-state index contributed by atoms with van der Waals surface area (Å²) < 4.78 is 6.00. The van der Waals surface area contributed by atoms with Crippen molar-refractivity contribution in [1.29, 1.82) is 0 Å². The van der Waals surface area contributed by atoms with E-state index in [1.807, 2.05) is 60.7 Å². The van der Waals surface area contributed by atoms with Crippen molar-refractivity contribution < 1.29 is 4.74 Å². The minimum absolute atomic E-state index is 0.767. The first-order chi connectivity index (χ1) is 13.3. The molecule has 0 aliphatic carbocycles. The van der Waals surface area contributed by atoms with E-state index >= 15 is 0 Å². The summed E-state index contributed by atoms with van der Waals surface area (Å²) in [5.74, 6) is 1.66. The lowest BCUT2D eigenvalue weighted by Gasteiger charge is -2.12. The lowest BCUT2D eigenvalue weighted by Crippen LogP contribution is -1.93. The van der Waals surface area contributed by atoms with E-state index in [9.17, 15) is 0 Å². The van der Waals surface area contributed by atoms with Crippen molar-refractivity contribution in [3.63, 3.8) is 0 Å². The van der Waals surface area contributed by atoms with Crippen molar-refractivity contribution in [1.82, 2.24) is 0 Å². The van der Waals surface area contributed by atoms with Crippen LogP contribution in [0.3, 0.4) is 0 Å². The third-order valence-electron chi connectivity index (χ3n) is 4.42. The number of benzene rings is 4. The summed E-state index contributed by atoms with van der Waals surface area (Å²) in [5, 5.41) is 0.767. The van der Waals surface area contributed by atoms with E-state index in [1.54, 1.807) is 0 Å². The third-order valence-corrected chi connectivity index (χ3v) is 4.66. The monoisotopic (exact) mass is 370 g/mol. The number of hydrogen-bond donors (Lipinski definition) is 0. The van der Waals surface area contributed by atoms with Gasteiger partial charge in [0.2, 0.25) is 0 Å². The fraction of sp³-hybridized carbons (Fsp3) is 0.0400. The molecule has 0 aliphatic rings. The molecule has 0 spiro atoms. The Morgan fingerprint density at radius 2 is 1.37 bits per heavy atom. The molecule has 0 radical (unpaired) electrons. The van der Waals surface area contributed by atoms with Crippen LogP contribution >= 0.6 is 11.6 Å². The van der Waals surface area contributed by atoms with Crippen molar-refractivity contribution in [2.45, 2.75) is 6.42 Å². The summed E-state index contributed by atoms with van der Waals surface area (Å²) in [7, 11) is 0. The fourth-order valence-corrected chi connectivity index (χ4v) is 3.39. The van der Waals surface area contributed by atoms with E-state index in [0.717, 1.165) is 28.5 Å². The summed E-state index contributed by atoms with van der Waals surface area (Å²) in [6.45, 7) is 0. The molecule has 0 aromatic heterocycles. The Morgan fingerprint density at radius 3 is 2.22 bits per heavy atom. The van der Waals surface area contributed by atoms with Gasteiger partial charge in [-0.3, -0.25) is 0 Å². The zero-order valence-corrected chi connectivity index (χ0v) is 15.6. The van der Waals surface area contributed by atoms with Gasteiger partial charge in [0.25, 0.3) is 0 Å². The smallest absolute Gasteiger partial charge is 0.128 e. The van der Waals surface area contributed by atoms with E-state index < -0.39 is 0 Å². The molecule has 0 N–H and O–H groups in total. The highest BCUT2D eigenvalue weighted by Gasteiger charge is 2.07. The van der Waals surface area contributed by atoms with Crippen molar-refractivity contribution >= 4 is 11.6 Å². The summed E-state index contributed by atoms with van der Waals surface area (Å²) in [4.78, 5) is 0. The molecule has 132 valence electrons. The van der Waals surface area contributed by atoms with Crippen LogP contribution in [0.5, 0.6) is 11.5 Å². The second-order valence-corrected chi connectivity index (χ2v) is 6.84.